The van der Waals surface area contributed by atoms with Gasteiger partial charge >= 0.3 is 0 Å². The van der Waals surface area contributed by atoms with E-state index in [9.17, 15) is 5.21 Å². The van der Waals surface area contributed by atoms with Gasteiger partial charge in [-0.1, -0.05) is 41.6 Å². The topological polar surface area (TPSA) is 54.9 Å². The van der Waals surface area contributed by atoms with E-state index in [2.05, 4.69) is 9.72 Å². The lowest BCUT2D eigenvalue weighted by atomic mass is 10.0. The zero-order valence-corrected chi connectivity index (χ0v) is 15.5. The maximum atomic E-state index is 9.49. The fraction of sp³-hybridized carbons (Fsp3) is 0.182. The smallest absolute Gasteiger partial charge is 0.178 e. The van der Waals surface area contributed by atoms with Gasteiger partial charge in [-0.15, -0.1) is 0 Å². The summed E-state index contributed by atoms with van der Waals surface area (Å²) in [6.07, 6.45) is 4.83. The molecule has 0 amide bonds. The molecule has 5 heteroatoms. The zero-order chi connectivity index (χ0) is 19.1. The lowest BCUT2D eigenvalue weighted by Crippen LogP contribution is -2.35. The van der Waals surface area contributed by atoms with Crippen molar-refractivity contribution in [2.75, 3.05) is 14.2 Å². The average Bonchev–Trinajstić information content (AvgIpc) is 2.73. The minimum atomic E-state index is 0.552. The lowest BCUT2D eigenvalue weighted by molar-refractivity contribution is -0.696. The summed E-state index contributed by atoms with van der Waals surface area (Å²) >= 11 is 0. The molecule has 0 aliphatic carbocycles. The highest BCUT2D eigenvalue weighted by Gasteiger charge is 2.12. The molecule has 3 aromatic rings. The Morgan fingerprint density at radius 1 is 0.926 bits per heavy atom. The van der Waals surface area contributed by atoms with Gasteiger partial charge in [0.05, 0.1) is 19.8 Å². The maximum absolute atomic E-state index is 9.49. The lowest BCUT2D eigenvalue weighted by Gasteiger charge is -2.09. The standard InChI is InChI=1S/C22H22N2O3/c1-26-20-11-10-17(15-21(20)27-2)12-14-24-13-6-9-19(16-24)22(23-25)18-7-4-3-5-8-18/h3-11,13,15-16H,12,14H2,1-2H3/p+1. The summed E-state index contributed by atoms with van der Waals surface area (Å²) in [7, 11) is 3.27. The molecule has 0 bridgehead atoms. The van der Waals surface area contributed by atoms with Gasteiger partial charge in [-0.05, 0) is 23.8 Å². The molecule has 0 atom stereocenters. The molecule has 138 valence electrons. The van der Waals surface area contributed by atoms with Crippen LogP contribution in [0.2, 0.25) is 0 Å². The van der Waals surface area contributed by atoms with Crippen molar-refractivity contribution in [2.24, 2.45) is 5.16 Å². The zero-order valence-electron chi connectivity index (χ0n) is 15.5. The Kier molecular flexibility index (Phi) is 6.05. The highest BCUT2D eigenvalue weighted by Crippen LogP contribution is 2.27. The van der Waals surface area contributed by atoms with Crippen molar-refractivity contribution in [1.29, 1.82) is 0 Å². The van der Waals surface area contributed by atoms with Crippen LogP contribution in [-0.2, 0) is 13.0 Å². The number of aromatic nitrogens is 1. The number of aryl methyl sites for hydroxylation is 2. The number of oxime groups is 1. The van der Waals surface area contributed by atoms with Gasteiger partial charge in [-0.25, -0.2) is 4.57 Å². The Morgan fingerprint density at radius 2 is 1.67 bits per heavy atom. The van der Waals surface area contributed by atoms with Crippen LogP contribution in [0.1, 0.15) is 16.7 Å². The minimum absolute atomic E-state index is 0.552. The normalized spacial score (nSPS) is 11.3. The van der Waals surface area contributed by atoms with E-state index in [1.165, 1.54) is 0 Å². The Labute approximate surface area is 159 Å². The first kappa shape index (κ1) is 18.5. The number of rotatable bonds is 7. The fourth-order valence-corrected chi connectivity index (χ4v) is 2.97. The number of pyridine rings is 1. The largest absolute Gasteiger partial charge is 0.493 e. The van der Waals surface area contributed by atoms with Gasteiger partial charge in [0.1, 0.15) is 5.71 Å². The third-order valence-electron chi connectivity index (χ3n) is 4.39. The van der Waals surface area contributed by atoms with Crippen LogP contribution < -0.4 is 14.0 Å². The van der Waals surface area contributed by atoms with E-state index in [0.717, 1.165) is 41.2 Å². The van der Waals surface area contributed by atoms with Gasteiger partial charge in [0.15, 0.2) is 30.4 Å². The number of benzene rings is 2. The van der Waals surface area contributed by atoms with Crippen molar-refractivity contribution in [3.05, 3.63) is 89.7 Å². The second-order valence-electron chi connectivity index (χ2n) is 6.08. The van der Waals surface area contributed by atoms with E-state index in [-0.39, 0.29) is 0 Å². The predicted octanol–water partition coefficient (Wildman–Crippen LogP) is 3.46. The van der Waals surface area contributed by atoms with Crippen LogP contribution in [0.15, 0.2) is 78.2 Å². The van der Waals surface area contributed by atoms with E-state index in [0.29, 0.717) is 5.71 Å². The van der Waals surface area contributed by atoms with Gasteiger partial charge in [0, 0.05) is 18.1 Å². The molecule has 0 spiro atoms. The fourth-order valence-electron chi connectivity index (χ4n) is 2.97. The van der Waals surface area contributed by atoms with Crippen molar-refractivity contribution in [3.8, 4) is 11.5 Å². The summed E-state index contributed by atoms with van der Waals surface area (Å²) in [4.78, 5) is 0. The van der Waals surface area contributed by atoms with Crippen LogP contribution >= 0.6 is 0 Å². The van der Waals surface area contributed by atoms with Crippen LogP contribution in [0.5, 0.6) is 11.5 Å². The number of ether oxygens (including phenoxy) is 2. The van der Waals surface area contributed by atoms with Crippen LogP contribution in [0.3, 0.4) is 0 Å². The van der Waals surface area contributed by atoms with Crippen molar-refractivity contribution >= 4 is 5.71 Å². The molecule has 1 aromatic heterocycles. The van der Waals surface area contributed by atoms with Crippen LogP contribution in [0, 0.1) is 0 Å². The summed E-state index contributed by atoms with van der Waals surface area (Å²) in [5.41, 5.74) is 3.44. The molecule has 0 aliphatic heterocycles. The number of methoxy groups -OCH3 is 2. The van der Waals surface area contributed by atoms with E-state index >= 15 is 0 Å². The first-order valence-electron chi connectivity index (χ1n) is 8.73. The molecular weight excluding hydrogens is 340 g/mol. The molecule has 0 unspecified atom stereocenters. The molecule has 1 N–H and O–H groups in total. The molecule has 3 rings (SSSR count). The van der Waals surface area contributed by atoms with Gasteiger partial charge in [0.25, 0.3) is 0 Å². The van der Waals surface area contributed by atoms with Crippen LogP contribution in [-0.4, -0.2) is 25.1 Å². The first-order valence-corrected chi connectivity index (χ1v) is 8.73. The Bertz CT molecular complexity index is 924. The van der Waals surface area contributed by atoms with Crippen molar-refractivity contribution in [1.82, 2.24) is 0 Å². The second-order valence-corrected chi connectivity index (χ2v) is 6.08. The third-order valence-corrected chi connectivity index (χ3v) is 4.39. The molecule has 1 heterocycles. The SMILES string of the molecule is COc1ccc(CC[n+]2cccc(C(=NO)c3ccccc3)c2)cc1OC. The summed E-state index contributed by atoms with van der Waals surface area (Å²) in [5.74, 6) is 1.45. The van der Waals surface area contributed by atoms with E-state index in [1.54, 1.807) is 14.2 Å². The van der Waals surface area contributed by atoms with E-state index < -0.39 is 0 Å². The second kappa shape index (κ2) is 8.85. The predicted molar refractivity (Wildman–Crippen MR) is 104 cm³/mol. The van der Waals surface area contributed by atoms with Gasteiger partial charge in [0.2, 0.25) is 0 Å². The Morgan fingerprint density at radius 3 is 2.37 bits per heavy atom. The van der Waals surface area contributed by atoms with Crippen LogP contribution in [0.4, 0.5) is 0 Å². The Hall–Kier alpha value is -3.34. The maximum Gasteiger partial charge on any atom is 0.178 e. The van der Waals surface area contributed by atoms with Gasteiger partial charge in [-0.2, -0.15) is 0 Å². The van der Waals surface area contributed by atoms with Gasteiger partial charge < -0.3 is 14.7 Å². The summed E-state index contributed by atoms with van der Waals surface area (Å²) in [5, 5.41) is 13.0. The van der Waals surface area contributed by atoms with Crippen molar-refractivity contribution in [2.45, 2.75) is 13.0 Å². The minimum Gasteiger partial charge on any atom is -0.493 e. The Balaban J connectivity index is 1.77. The molecule has 27 heavy (non-hydrogen) atoms. The van der Waals surface area contributed by atoms with E-state index in [1.807, 2.05) is 73.1 Å². The molecule has 0 saturated carbocycles. The third kappa shape index (κ3) is 4.44. The molecule has 2 aromatic carbocycles. The summed E-state index contributed by atoms with van der Waals surface area (Å²) in [6.45, 7) is 0.789. The van der Waals surface area contributed by atoms with Crippen molar-refractivity contribution < 1.29 is 19.2 Å². The highest BCUT2D eigenvalue weighted by molar-refractivity contribution is 6.12. The highest BCUT2D eigenvalue weighted by atomic mass is 16.5. The summed E-state index contributed by atoms with van der Waals surface area (Å²) < 4.78 is 12.7. The average molecular weight is 363 g/mol. The van der Waals surface area contributed by atoms with Crippen molar-refractivity contribution in [3.63, 3.8) is 0 Å². The molecule has 0 saturated heterocycles. The monoisotopic (exact) mass is 363 g/mol. The first-order chi connectivity index (χ1) is 13.2. The summed E-state index contributed by atoms with van der Waals surface area (Å²) in [6, 6.07) is 19.5. The number of hydrogen-bond acceptors (Lipinski definition) is 4. The molecule has 5 nitrogen and oxygen atoms in total. The molecule has 0 aliphatic rings. The number of hydrogen-bond donors (Lipinski definition) is 1. The van der Waals surface area contributed by atoms with E-state index in [4.69, 9.17) is 9.47 Å². The molecule has 0 radical (unpaired) electrons. The van der Waals surface area contributed by atoms with Gasteiger partial charge in [-0.3, -0.25) is 0 Å². The quantitative estimate of drug-likeness (QED) is 0.303. The molecular formula is C22H23N2O3+. The van der Waals surface area contributed by atoms with Crippen LogP contribution in [0.25, 0.3) is 0 Å². The number of nitrogens with zero attached hydrogens (tertiary/aromatic N) is 2. The molecule has 0 fully saturated rings.